The van der Waals surface area contributed by atoms with Gasteiger partial charge in [-0.1, -0.05) is 48.0 Å². The summed E-state index contributed by atoms with van der Waals surface area (Å²) in [5.74, 6) is 0.0876. The van der Waals surface area contributed by atoms with E-state index in [1.165, 1.54) is 12.1 Å². The average Bonchev–Trinajstić information content (AvgIpc) is 2.77. The van der Waals surface area contributed by atoms with Crippen LogP contribution in [0.25, 0.3) is 0 Å². The Hall–Kier alpha value is -2.87. The van der Waals surface area contributed by atoms with Crippen molar-refractivity contribution in [2.75, 3.05) is 11.9 Å². The molecular weight excluding hydrogens is 448 g/mol. The number of hydrogen-bond acceptors (Lipinski definition) is 4. The molecule has 168 valence electrons. The van der Waals surface area contributed by atoms with Crippen LogP contribution >= 0.6 is 11.6 Å². The molecule has 3 rings (SSSR count). The summed E-state index contributed by atoms with van der Waals surface area (Å²) in [4.78, 5) is 13.1. The van der Waals surface area contributed by atoms with Gasteiger partial charge in [0.05, 0.1) is 11.5 Å². The molecule has 1 amide bonds. The van der Waals surface area contributed by atoms with Crippen molar-refractivity contribution in [3.8, 4) is 5.75 Å². The summed E-state index contributed by atoms with van der Waals surface area (Å²) in [6, 6.07) is 19.4. The van der Waals surface area contributed by atoms with Crippen molar-refractivity contribution in [2.24, 2.45) is 0 Å². The summed E-state index contributed by atoms with van der Waals surface area (Å²) in [7, 11) is -3.96. The van der Waals surface area contributed by atoms with E-state index in [2.05, 4.69) is 10.0 Å². The molecule has 0 fully saturated rings. The van der Waals surface area contributed by atoms with Crippen molar-refractivity contribution in [1.29, 1.82) is 0 Å². The number of anilines is 1. The summed E-state index contributed by atoms with van der Waals surface area (Å²) in [6.45, 7) is 4.18. The number of halogens is 1. The third-order valence-corrected chi connectivity index (χ3v) is 6.68. The van der Waals surface area contributed by atoms with Crippen LogP contribution in [0, 0.1) is 6.92 Å². The summed E-state index contributed by atoms with van der Waals surface area (Å²) in [6.07, 6.45) is 0.183. The van der Waals surface area contributed by atoms with Crippen LogP contribution in [-0.4, -0.2) is 27.0 Å². The first-order valence-corrected chi connectivity index (χ1v) is 12.0. The molecule has 8 heteroatoms. The predicted molar refractivity (Wildman–Crippen MR) is 127 cm³/mol. The number of amides is 1. The summed E-state index contributed by atoms with van der Waals surface area (Å²) in [5, 5.41) is 3.27. The van der Waals surface area contributed by atoms with E-state index in [1.807, 2.05) is 44.2 Å². The third kappa shape index (κ3) is 6.32. The summed E-state index contributed by atoms with van der Waals surface area (Å²) >= 11 is 6.16. The third-order valence-electron chi connectivity index (χ3n) is 4.78. The second kappa shape index (κ2) is 10.6. The van der Waals surface area contributed by atoms with Crippen molar-refractivity contribution < 1.29 is 17.9 Å². The summed E-state index contributed by atoms with van der Waals surface area (Å²) < 4.78 is 33.9. The minimum absolute atomic E-state index is 0.0465. The number of rotatable bonds is 9. The number of carbonyl (C=O) groups excluding carboxylic acids is 1. The second-order valence-corrected chi connectivity index (χ2v) is 9.34. The zero-order valence-corrected chi connectivity index (χ0v) is 19.4. The van der Waals surface area contributed by atoms with Crippen molar-refractivity contribution in [3.63, 3.8) is 0 Å². The fraction of sp³-hybridized carbons (Fsp3) is 0.208. The van der Waals surface area contributed by atoms with Gasteiger partial charge in [0.2, 0.25) is 15.9 Å². The van der Waals surface area contributed by atoms with Crippen LogP contribution in [0.2, 0.25) is 5.02 Å². The maximum atomic E-state index is 13.1. The lowest BCUT2D eigenvalue weighted by molar-refractivity contribution is -0.117. The molecular formula is C24H25ClN2O4S. The van der Waals surface area contributed by atoms with E-state index in [9.17, 15) is 13.2 Å². The molecule has 0 spiro atoms. The smallest absolute Gasteiger partial charge is 0.242 e. The molecule has 0 heterocycles. The number of nitrogens with one attached hydrogen (secondary N) is 2. The number of aryl methyl sites for hydroxylation is 1. The molecule has 32 heavy (non-hydrogen) atoms. The molecule has 6 nitrogen and oxygen atoms in total. The average molecular weight is 473 g/mol. The normalized spacial score (nSPS) is 12.2. The first-order chi connectivity index (χ1) is 15.3. The number of carbonyl (C=O) groups is 1. The van der Waals surface area contributed by atoms with Crippen molar-refractivity contribution in [3.05, 3.63) is 88.9 Å². The van der Waals surface area contributed by atoms with E-state index in [-0.39, 0.29) is 11.3 Å². The van der Waals surface area contributed by atoms with Crippen LogP contribution in [0.5, 0.6) is 5.75 Å². The molecule has 0 aromatic heterocycles. The van der Waals surface area contributed by atoms with Crippen LogP contribution in [0.15, 0.2) is 77.7 Å². The minimum atomic E-state index is -3.96. The van der Waals surface area contributed by atoms with Crippen LogP contribution in [0.3, 0.4) is 0 Å². The Bertz CT molecular complexity index is 1170. The van der Waals surface area contributed by atoms with Crippen LogP contribution in [0.1, 0.15) is 18.1 Å². The first kappa shape index (κ1) is 23.8. The summed E-state index contributed by atoms with van der Waals surface area (Å²) in [5.41, 5.74) is 2.19. The maximum absolute atomic E-state index is 13.1. The molecule has 0 aliphatic carbocycles. The lowest BCUT2D eigenvalue weighted by atomic mass is 10.1. The number of hydrogen-bond donors (Lipinski definition) is 2. The Kier molecular flexibility index (Phi) is 7.90. The Morgan fingerprint density at radius 3 is 2.34 bits per heavy atom. The SMILES string of the molecule is CCOc1ccc(S(=O)(=O)N[C@@H](Cc2ccccc2)C(=O)Nc2ccc(C)c(Cl)c2)cc1. The van der Waals surface area contributed by atoms with Crippen LogP contribution in [0.4, 0.5) is 5.69 Å². The van der Waals surface area contributed by atoms with Gasteiger partial charge in [0.15, 0.2) is 0 Å². The van der Waals surface area contributed by atoms with Gasteiger partial charge < -0.3 is 10.1 Å². The highest BCUT2D eigenvalue weighted by molar-refractivity contribution is 7.89. The molecule has 0 aliphatic rings. The van der Waals surface area contributed by atoms with E-state index < -0.39 is 22.0 Å². The molecule has 0 saturated heterocycles. The van der Waals surface area contributed by atoms with E-state index in [0.717, 1.165) is 11.1 Å². The first-order valence-electron chi connectivity index (χ1n) is 10.1. The van der Waals surface area contributed by atoms with E-state index in [4.69, 9.17) is 16.3 Å². The van der Waals surface area contributed by atoms with Crippen LogP contribution < -0.4 is 14.8 Å². The van der Waals surface area contributed by atoms with E-state index >= 15 is 0 Å². The monoisotopic (exact) mass is 472 g/mol. The predicted octanol–water partition coefficient (Wildman–Crippen LogP) is 4.58. The quantitative estimate of drug-likeness (QED) is 0.477. The van der Waals surface area contributed by atoms with Gasteiger partial charge in [-0.25, -0.2) is 8.42 Å². The molecule has 0 radical (unpaired) electrons. The molecule has 3 aromatic carbocycles. The molecule has 0 aliphatic heterocycles. The lowest BCUT2D eigenvalue weighted by Crippen LogP contribution is -2.45. The Morgan fingerprint density at radius 1 is 1.03 bits per heavy atom. The van der Waals surface area contributed by atoms with Gasteiger partial charge in [-0.15, -0.1) is 0 Å². The standard InChI is InChI=1S/C24H25ClN2O4S/c1-3-31-20-11-13-21(14-12-20)32(29,30)27-23(15-18-7-5-4-6-8-18)24(28)26-19-10-9-17(2)22(25)16-19/h4-14,16,23,27H,3,15H2,1-2H3,(H,26,28)/t23-/m0/s1. The number of benzene rings is 3. The molecule has 3 aromatic rings. The van der Waals surface area contributed by atoms with E-state index in [1.54, 1.807) is 30.3 Å². The fourth-order valence-corrected chi connectivity index (χ4v) is 4.45. The van der Waals surface area contributed by atoms with Crippen molar-refractivity contribution in [2.45, 2.75) is 31.2 Å². The van der Waals surface area contributed by atoms with Crippen LogP contribution in [-0.2, 0) is 21.2 Å². The number of ether oxygens (including phenoxy) is 1. The van der Waals surface area contributed by atoms with Gasteiger partial charge in [0, 0.05) is 10.7 Å². The second-order valence-electron chi connectivity index (χ2n) is 7.22. The molecule has 2 N–H and O–H groups in total. The molecule has 0 unspecified atom stereocenters. The highest BCUT2D eigenvalue weighted by Gasteiger charge is 2.26. The van der Waals surface area contributed by atoms with Gasteiger partial charge in [0.25, 0.3) is 0 Å². The maximum Gasteiger partial charge on any atom is 0.242 e. The molecule has 1 atom stereocenters. The Balaban J connectivity index is 1.84. The zero-order chi connectivity index (χ0) is 23.1. The highest BCUT2D eigenvalue weighted by Crippen LogP contribution is 2.21. The number of sulfonamides is 1. The largest absolute Gasteiger partial charge is 0.494 e. The zero-order valence-electron chi connectivity index (χ0n) is 17.8. The minimum Gasteiger partial charge on any atom is -0.494 e. The van der Waals surface area contributed by atoms with Gasteiger partial charge in [0.1, 0.15) is 11.8 Å². The van der Waals surface area contributed by atoms with Crippen molar-refractivity contribution in [1.82, 2.24) is 4.72 Å². The van der Waals surface area contributed by atoms with Gasteiger partial charge in [-0.3, -0.25) is 4.79 Å². The van der Waals surface area contributed by atoms with Gasteiger partial charge >= 0.3 is 0 Å². The van der Waals surface area contributed by atoms with Gasteiger partial charge in [-0.05, 0) is 67.8 Å². The Labute approximate surface area is 193 Å². The Morgan fingerprint density at radius 2 is 1.72 bits per heavy atom. The van der Waals surface area contributed by atoms with E-state index in [0.29, 0.717) is 23.1 Å². The highest BCUT2D eigenvalue weighted by atomic mass is 35.5. The lowest BCUT2D eigenvalue weighted by Gasteiger charge is -2.19. The molecule has 0 bridgehead atoms. The van der Waals surface area contributed by atoms with Crippen molar-refractivity contribution >= 4 is 33.2 Å². The topological polar surface area (TPSA) is 84.5 Å². The van der Waals surface area contributed by atoms with Gasteiger partial charge in [-0.2, -0.15) is 4.72 Å². The molecule has 0 saturated carbocycles. The fourth-order valence-electron chi connectivity index (χ4n) is 3.07.